The van der Waals surface area contributed by atoms with Crippen LogP contribution in [0.4, 0.5) is 4.39 Å². The smallest absolute Gasteiger partial charge is 0.292 e. The van der Waals surface area contributed by atoms with Gasteiger partial charge in [0, 0.05) is 18.5 Å². The van der Waals surface area contributed by atoms with Gasteiger partial charge < -0.3 is 14.5 Å². The summed E-state index contributed by atoms with van der Waals surface area (Å²) in [6.45, 7) is 4.60. The number of amides is 1. The molecule has 1 saturated carbocycles. The van der Waals surface area contributed by atoms with Gasteiger partial charge in [0.25, 0.3) is 5.91 Å². The average Bonchev–Trinajstić information content (AvgIpc) is 3.31. The van der Waals surface area contributed by atoms with Crippen LogP contribution in [0.2, 0.25) is 0 Å². The van der Waals surface area contributed by atoms with E-state index < -0.39 is 6.10 Å². The van der Waals surface area contributed by atoms with Crippen molar-refractivity contribution in [2.24, 2.45) is 5.92 Å². The van der Waals surface area contributed by atoms with Crippen molar-refractivity contribution in [3.8, 4) is 0 Å². The van der Waals surface area contributed by atoms with Crippen molar-refractivity contribution in [3.05, 3.63) is 53.2 Å². The van der Waals surface area contributed by atoms with Crippen LogP contribution in [0.15, 0.2) is 34.9 Å². The first kappa shape index (κ1) is 17.6. The summed E-state index contributed by atoms with van der Waals surface area (Å²) in [4.78, 5) is 14.3. The molecule has 1 aromatic heterocycles. The van der Waals surface area contributed by atoms with Crippen molar-refractivity contribution in [3.63, 3.8) is 0 Å². The molecule has 5 nitrogen and oxygen atoms in total. The predicted octanol–water partition coefficient (Wildman–Crippen LogP) is 3.52. The minimum Gasteiger partial charge on any atom is -0.387 e. The molecule has 0 saturated heterocycles. The lowest BCUT2D eigenvalue weighted by molar-refractivity contribution is 0.0557. The van der Waals surface area contributed by atoms with E-state index in [1.54, 1.807) is 11.0 Å². The van der Waals surface area contributed by atoms with Gasteiger partial charge in [-0.1, -0.05) is 31.1 Å². The Bertz CT molecular complexity index is 723. The van der Waals surface area contributed by atoms with E-state index in [9.17, 15) is 14.3 Å². The standard InChI is InChI=1S/C19H23FN2O3/c1-12(2)10-22(11-17(23)14-5-7-15(20)8-6-14)19(24)18-9-16(21-25-18)13-3-4-13/h5-9,12-13,17,23H,3-4,10-11H2,1-2H3. The first-order valence-electron chi connectivity index (χ1n) is 8.63. The molecule has 1 aromatic carbocycles. The predicted molar refractivity (Wildman–Crippen MR) is 90.6 cm³/mol. The molecule has 25 heavy (non-hydrogen) atoms. The number of aliphatic hydroxyl groups is 1. The number of aromatic nitrogens is 1. The SMILES string of the molecule is CC(C)CN(CC(O)c1ccc(F)cc1)C(=O)c1cc(C2CC2)no1. The second-order valence-electron chi connectivity index (χ2n) is 7.06. The molecule has 3 rings (SSSR count). The third kappa shape index (κ3) is 4.45. The fourth-order valence-electron chi connectivity index (χ4n) is 2.80. The molecule has 1 amide bonds. The van der Waals surface area contributed by atoms with Crippen molar-refractivity contribution in [1.29, 1.82) is 0 Å². The van der Waals surface area contributed by atoms with Gasteiger partial charge in [0.05, 0.1) is 18.3 Å². The molecule has 0 aliphatic heterocycles. The molecule has 0 bridgehead atoms. The molecule has 0 radical (unpaired) electrons. The van der Waals surface area contributed by atoms with E-state index in [0.717, 1.165) is 18.5 Å². The minimum atomic E-state index is -0.894. The van der Waals surface area contributed by atoms with Gasteiger partial charge in [0.2, 0.25) is 5.76 Å². The van der Waals surface area contributed by atoms with E-state index in [1.165, 1.54) is 24.3 Å². The van der Waals surface area contributed by atoms with Crippen LogP contribution in [0.5, 0.6) is 0 Å². The maximum atomic E-state index is 13.0. The van der Waals surface area contributed by atoms with Gasteiger partial charge in [-0.25, -0.2) is 4.39 Å². The van der Waals surface area contributed by atoms with Crippen LogP contribution < -0.4 is 0 Å². The second kappa shape index (κ2) is 7.35. The van der Waals surface area contributed by atoms with Crippen LogP contribution in [-0.4, -0.2) is 34.2 Å². The molecule has 1 fully saturated rings. The maximum absolute atomic E-state index is 13.0. The van der Waals surface area contributed by atoms with E-state index in [2.05, 4.69) is 5.16 Å². The summed E-state index contributed by atoms with van der Waals surface area (Å²) in [5, 5.41) is 14.4. The Hall–Kier alpha value is -2.21. The van der Waals surface area contributed by atoms with Gasteiger partial charge in [0.1, 0.15) is 5.82 Å². The average molecular weight is 346 g/mol. The van der Waals surface area contributed by atoms with Gasteiger partial charge in [-0.2, -0.15) is 0 Å². The van der Waals surface area contributed by atoms with E-state index >= 15 is 0 Å². The summed E-state index contributed by atoms with van der Waals surface area (Å²) in [7, 11) is 0. The molecule has 1 aliphatic carbocycles. The zero-order valence-corrected chi connectivity index (χ0v) is 14.5. The van der Waals surface area contributed by atoms with Gasteiger partial charge in [-0.15, -0.1) is 0 Å². The van der Waals surface area contributed by atoms with E-state index in [4.69, 9.17) is 4.52 Å². The van der Waals surface area contributed by atoms with Crippen molar-refractivity contribution in [2.45, 2.75) is 38.7 Å². The number of hydrogen-bond donors (Lipinski definition) is 1. The highest BCUT2D eigenvalue weighted by atomic mass is 19.1. The molecule has 1 atom stereocenters. The number of rotatable bonds is 7. The second-order valence-corrected chi connectivity index (χ2v) is 7.06. The number of benzene rings is 1. The molecule has 2 aromatic rings. The maximum Gasteiger partial charge on any atom is 0.292 e. The topological polar surface area (TPSA) is 66.6 Å². The third-order valence-corrected chi connectivity index (χ3v) is 4.26. The lowest BCUT2D eigenvalue weighted by atomic mass is 10.1. The first-order valence-corrected chi connectivity index (χ1v) is 8.63. The van der Waals surface area contributed by atoms with Crippen molar-refractivity contribution < 1.29 is 18.8 Å². The van der Waals surface area contributed by atoms with Crippen molar-refractivity contribution in [1.82, 2.24) is 10.1 Å². The number of carbonyl (C=O) groups excluding carboxylic acids is 1. The Morgan fingerprint density at radius 2 is 2.00 bits per heavy atom. The largest absolute Gasteiger partial charge is 0.387 e. The zero-order valence-electron chi connectivity index (χ0n) is 14.5. The molecule has 1 aliphatic rings. The summed E-state index contributed by atoms with van der Waals surface area (Å²) in [6.07, 6.45) is 1.27. The molecule has 134 valence electrons. The fourth-order valence-corrected chi connectivity index (χ4v) is 2.80. The quantitative estimate of drug-likeness (QED) is 0.833. The summed E-state index contributed by atoms with van der Waals surface area (Å²) in [5.41, 5.74) is 1.39. The van der Waals surface area contributed by atoms with Crippen LogP contribution in [0.3, 0.4) is 0 Å². The number of carbonyl (C=O) groups is 1. The monoisotopic (exact) mass is 346 g/mol. The summed E-state index contributed by atoms with van der Waals surface area (Å²) in [5.74, 6) is 0.201. The van der Waals surface area contributed by atoms with Gasteiger partial charge in [-0.05, 0) is 36.5 Å². The van der Waals surface area contributed by atoms with E-state index in [-0.39, 0.29) is 29.9 Å². The Labute approximate surface area is 146 Å². The summed E-state index contributed by atoms with van der Waals surface area (Å²) >= 11 is 0. The zero-order chi connectivity index (χ0) is 18.0. The Kier molecular flexibility index (Phi) is 5.18. The van der Waals surface area contributed by atoms with Gasteiger partial charge in [-0.3, -0.25) is 4.79 Å². The molecule has 6 heteroatoms. The lowest BCUT2D eigenvalue weighted by Crippen LogP contribution is -2.37. The van der Waals surface area contributed by atoms with E-state index in [0.29, 0.717) is 18.0 Å². The highest BCUT2D eigenvalue weighted by molar-refractivity contribution is 5.91. The number of hydrogen-bond acceptors (Lipinski definition) is 4. The molecule has 0 spiro atoms. The molecule has 1 heterocycles. The van der Waals surface area contributed by atoms with Crippen LogP contribution >= 0.6 is 0 Å². The van der Waals surface area contributed by atoms with Gasteiger partial charge in [0.15, 0.2) is 0 Å². The van der Waals surface area contributed by atoms with Crippen LogP contribution in [0, 0.1) is 11.7 Å². The Balaban J connectivity index is 1.73. The molecular weight excluding hydrogens is 323 g/mol. The van der Waals surface area contributed by atoms with Crippen LogP contribution in [-0.2, 0) is 0 Å². The molecule has 1 unspecified atom stereocenters. The number of halogens is 1. The molecule has 1 N–H and O–H groups in total. The summed E-state index contributed by atoms with van der Waals surface area (Å²) in [6, 6.07) is 7.35. The van der Waals surface area contributed by atoms with Gasteiger partial charge >= 0.3 is 0 Å². The van der Waals surface area contributed by atoms with Crippen molar-refractivity contribution in [2.75, 3.05) is 13.1 Å². The lowest BCUT2D eigenvalue weighted by Gasteiger charge is -2.26. The highest BCUT2D eigenvalue weighted by Gasteiger charge is 2.30. The summed E-state index contributed by atoms with van der Waals surface area (Å²) < 4.78 is 18.3. The fraction of sp³-hybridized carbons (Fsp3) is 0.474. The number of nitrogens with zero attached hydrogens (tertiary/aromatic N) is 2. The first-order chi connectivity index (χ1) is 11.9. The normalized spacial score (nSPS) is 15.4. The van der Waals surface area contributed by atoms with Crippen LogP contribution in [0.25, 0.3) is 0 Å². The third-order valence-electron chi connectivity index (χ3n) is 4.26. The Morgan fingerprint density at radius 3 is 2.60 bits per heavy atom. The highest BCUT2D eigenvalue weighted by Crippen LogP contribution is 2.39. The van der Waals surface area contributed by atoms with Crippen molar-refractivity contribution >= 4 is 5.91 Å². The minimum absolute atomic E-state index is 0.113. The van der Waals surface area contributed by atoms with Crippen LogP contribution in [0.1, 0.15) is 60.5 Å². The van der Waals surface area contributed by atoms with E-state index in [1.807, 2.05) is 13.8 Å². The number of aliphatic hydroxyl groups excluding tert-OH is 1. The molecular formula is C19H23FN2O3. The Morgan fingerprint density at radius 1 is 1.32 bits per heavy atom.